The van der Waals surface area contributed by atoms with E-state index in [1.807, 2.05) is 60.4 Å². The first-order valence-electron chi connectivity index (χ1n) is 12.5. The van der Waals surface area contributed by atoms with Gasteiger partial charge in [0.2, 0.25) is 10.0 Å². The first kappa shape index (κ1) is 27.3. The molecule has 208 valence electrons. The van der Waals surface area contributed by atoms with Crippen molar-refractivity contribution in [2.45, 2.75) is 42.8 Å². The molecule has 5 rings (SSSR count). The highest BCUT2D eigenvalue weighted by atomic mass is 32.2. The summed E-state index contributed by atoms with van der Waals surface area (Å²) < 4.78 is 76.5. The highest BCUT2D eigenvalue weighted by Crippen LogP contribution is 2.48. The normalized spacial score (nSPS) is 21.6. The van der Waals surface area contributed by atoms with Gasteiger partial charge in [-0.25, -0.2) is 13.1 Å². The number of halogens is 3. The van der Waals surface area contributed by atoms with Crippen LogP contribution in [0.5, 0.6) is 17.2 Å². The van der Waals surface area contributed by atoms with Gasteiger partial charge < -0.3 is 19.5 Å². The predicted molar refractivity (Wildman–Crippen MR) is 139 cm³/mol. The fourth-order valence-electron chi connectivity index (χ4n) is 5.12. The van der Waals surface area contributed by atoms with E-state index in [-0.39, 0.29) is 11.4 Å². The van der Waals surface area contributed by atoms with Gasteiger partial charge >= 0.3 is 6.36 Å². The average molecular weight is 564 g/mol. The Morgan fingerprint density at radius 3 is 2.13 bits per heavy atom. The molecule has 39 heavy (non-hydrogen) atoms. The number of sulfonamides is 1. The number of hydrogen-bond donors (Lipinski definition) is 2. The summed E-state index contributed by atoms with van der Waals surface area (Å²) in [4.78, 5) is 3.84. The second-order valence-electron chi connectivity index (χ2n) is 9.47. The molecule has 0 bridgehead atoms. The Labute approximate surface area is 224 Å². The minimum atomic E-state index is -4.89. The number of para-hydroxylation sites is 4. The average Bonchev–Trinajstić information content (AvgIpc) is 2.88. The number of fused-ring (bicyclic) bond motifs is 2. The van der Waals surface area contributed by atoms with Crippen LogP contribution in [0.4, 0.5) is 24.5 Å². The third-order valence-corrected chi connectivity index (χ3v) is 8.23. The van der Waals surface area contributed by atoms with Gasteiger partial charge in [0.05, 0.1) is 34.5 Å². The molecule has 8 nitrogen and oxygen atoms in total. The number of hydrogen-bond acceptors (Lipinski definition) is 7. The van der Waals surface area contributed by atoms with Gasteiger partial charge in [0.1, 0.15) is 5.75 Å². The molecule has 2 heterocycles. The summed E-state index contributed by atoms with van der Waals surface area (Å²) in [7, 11) is -4.18. The number of rotatable bonds is 7. The number of nitrogens with one attached hydrogen (secondary N) is 1. The van der Waals surface area contributed by atoms with Gasteiger partial charge in [0.15, 0.2) is 11.5 Å². The van der Waals surface area contributed by atoms with Gasteiger partial charge in [-0.2, -0.15) is 0 Å². The molecule has 0 amide bonds. The van der Waals surface area contributed by atoms with Crippen LogP contribution in [0.2, 0.25) is 0 Å². The van der Waals surface area contributed by atoms with E-state index in [1.54, 1.807) is 0 Å². The van der Waals surface area contributed by atoms with Crippen LogP contribution in [0.25, 0.3) is 0 Å². The highest BCUT2D eigenvalue weighted by molar-refractivity contribution is 7.89. The minimum Gasteiger partial charge on any atom is -0.453 e. The summed E-state index contributed by atoms with van der Waals surface area (Å²) in [5.41, 5.74) is 1.50. The second kappa shape index (κ2) is 10.7. The van der Waals surface area contributed by atoms with Crippen LogP contribution < -0.4 is 19.1 Å². The van der Waals surface area contributed by atoms with Crippen LogP contribution in [-0.2, 0) is 10.0 Å². The number of alkyl halides is 3. The molecule has 3 atom stereocenters. The number of nitrogens with zero attached hydrogens (tertiary/aromatic N) is 2. The molecule has 1 saturated heterocycles. The Bertz CT molecular complexity index is 1370. The Morgan fingerprint density at radius 1 is 0.974 bits per heavy atom. The van der Waals surface area contributed by atoms with Crippen LogP contribution >= 0.6 is 0 Å². The fraction of sp³-hybridized carbons (Fsp3) is 0.333. The van der Waals surface area contributed by atoms with Gasteiger partial charge in [0.25, 0.3) is 0 Å². The third-order valence-electron chi connectivity index (χ3n) is 6.72. The van der Waals surface area contributed by atoms with Gasteiger partial charge in [-0.05, 0) is 61.5 Å². The largest absolute Gasteiger partial charge is 0.573 e. The van der Waals surface area contributed by atoms with E-state index in [9.17, 15) is 26.7 Å². The summed E-state index contributed by atoms with van der Waals surface area (Å²) in [6, 6.07) is 17.4. The zero-order valence-corrected chi connectivity index (χ0v) is 21.8. The lowest BCUT2D eigenvalue weighted by atomic mass is 9.94. The number of likely N-dealkylation sites (tertiary alicyclic amines) is 1. The van der Waals surface area contributed by atoms with Gasteiger partial charge in [0, 0.05) is 13.1 Å². The van der Waals surface area contributed by atoms with Gasteiger partial charge in [-0.15, -0.1) is 13.2 Å². The molecule has 0 aromatic heterocycles. The summed E-state index contributed by atoms with van der Waals surface area (Å²) in [6.45, 7) is 3.43. The maximum atomic E-state index is 13.2. The summed E-state index contributed by atoms with van der Waals surface area (Å²) >= 11 is 0. The summed E-state index contributed by atoms with van der Waals surface area (Å²) in [5, 5.41) is 11.6. The van der Waals surface area contributed by atoms with Crippen molar-refractivity contribution in [1.29, 1.82) is 0 Å². The SMILES string of the molecule is CCCN1C[C@@H](NS(=O)(=O)c2ccc(OC(F)(F)F)cc2)[C@H](O)[C@@H](N2c3ccccc3Oc3ccccc32)C1. The Balaban J connectivity index is 1.45. The molecule has 3 aromatic carbocycles. The van der Waals surface area contributed by atoms with Crippen LogP contribution in [0.3, 0.4) is 0 Å². The van der Waals surface area contributed by atoms with E-state index in [2.05, 4.69) is 14.4 Å². The van der Waals surface area contributed by atoms with Gasteiger partial charge in [-0.1, -0.05) is 31.2 Å². The lowest BCUT2D eigenvalue weighted by molar-refractivity contribution is -0.274. The monoisotopic (exact) mass is 563 g/mol. The molecule has 1 fully saturated rings. The first-order valence-corrected chi connectivity index (χ1v) is 14.0. The Hall–Kier alpha value is -3.32. The van der Waals surface area contributed by atoms with E-state index in [1.165, 1.54) is 0 Å². The fourth-order valence-corrected chi connectivity index (χ4v) is 6.36. The van der Waals surface area contributed by atoms with Crippen LogP contribution in [0.1, 0.15) is 13.3 Å². The van der Waals surface area contributed by atoms with Crippen LogP contribution in [-0.4, -0.2) is 62.6 Å². The second-order valence-corrected chi connectivity index (χ2v) is 11.2. The number of aliphatic hydroxyl groups excluding tert-OH is 1. The molecule has 2 aliphatic rings. The van der Waals surface area contributed by atoms with Crippen molar-refractivity contribution in [2.75, 3.05) is 24.5 Å². The minimum absolute atomic E-state index is 0.240. The molecule has 0 saturated carbocycles. The van der Waals surface area contributed by atoms with Crippen LogP contribution in [0, 0.1) is 0 Å². The quantitative estimate of drug-likeness (QED) is 0.433. The zero-order chi connectivity index (χ0) is 27.8. The molecule has 0 radical (unpaired) electrons. The van der Waals surface area contributed by atoms with E-state index in [0.29, 0.717) is 24.6 Å². The molecule has 3 aromatic rings. The number of aliphatic hydroxyl groups is 1. The molecule has 2 aliphatic heterocycles. The zero-order valence-electron chi connectivity index (χ0n) is 21.0. The van der Waals surface area contributed by atoms with Crippen molar-refractivity contribution in [3.8, 4) is 17.2 Å². The molecule has 12 heteroatoms. The molecular weight excluding hydrogens is 535 g/mol. The lowest BCUT2D eigenvalue weighted by Crippen LogP contribution is -2.65. The van der Waals surface area contributed by atoms with E-state index >= 15 is 0 Å². The Kier molecular flexibility index (Phi) is 7.47. The number of anilines is 2. The van der Waals surface area contributed by atoms with Crippen molar-refractivity contribution in [1.82, 2.24) is 9.62 Å². The van der Waals surface area contributed by atoms with E-state index in [0.717, 1.165) is 42.1 Å². The van der Waals surface area contributed by atoms with Crippen LogP contribution in [0.15, 0.2) is 77.7 Å². The smallest absolute Gasteiger partial charge is 0.453 e. The van der Waals surface area contributed by atoms with Crippen molar-refractivity contribution in [3.05, 3.63) is 72.8 Å². The highest BCUT2D eigenvalue weighted by Gasteiger charge is 2.43. The standard InChI is InChI=1S/C27H28F3N3O5S/c1-2-15-32-16-20(31-39(35,36)19-13-11-18(12-14-19)38-27(28,29)30)26(34)23(17-32)33-21-7-3-5-9-24(21)37-25-10-6-4-8-22(25)33/h3-14,20,23,26,31,34H,2,15-17H2,1H3/t20-,23+,26+/m1/s1. The van der Waals surface area contributed by atoms with Crippen molar-refractivity contribution >= 4 is 21.4 Å². The molecular formula is C27H28F3N3O5S. The maximum Gasteiger partial charge on any atom is 0.573 e. The number of ether oxygens (including phenoxy) is 2. The Morgan fingerprint density at radius 2 is 1.56 bits per heavy atom. The van der Waals surface area contributed by atoms with Crippen molar-refractivity contribution < 1.29 is 36.2 Å². The topological polar surface area (TPSA) is 91.3 Å². The van der Waals surface area contributed by atoms with Crippen molar-refractivity contribution in [2.24, 2.45) is 0 Å². The summed E-state index contributed by atoms with van der Waals surface area (Å²) in [6.07, 6.45) is -5.20. The molecule has 0 unspecified atom stereocenters. The number of benzene rings is 3. The third kappa shape index (κ3) is 5.83. The lowest BCUT2D eigenvalue weighted by Gasteiger charge is -2.48. The van der Waals surface area contributed by atoms with E-state index in [4.69, 9.17) is 4.74 Å². The molecule has 2 N–H and O–H groups in total. The summed E-state index contributed by atoms with van der Waals surface area (Å²) in [5.74, 6) is 0.710. The van der Waals surface area contributed by atoms with Gasteiger partial charge in [-0.3, -0.25) is 4.90 Å². The van der Waals surface area contributed by atoms with Crippen molar-refractivity contribution in [3.63, 3.8) is 0 Å². The molecule has 0 spiro atoms. The predicted octanol–water partition coefficient (Wildman–Crippen LogP) is 4.63. The first-order chi connectivity index (χ1) is 18.6. The maximum absolute atomic E-state index is 13.2. The van der Waals surface area contributed by atoms with E-state index < -0.39 is 40.3 Å². The molecule has 0 aliphatic carbocycles. The number of piperidine rings is 1.